The predicted molar refractivity (Wildman–Crippen MR) is 319 cm³/mol. The number of anilines is 4. The van der Waals surface area contributed by atoms with Crippen molar-refractivity contribution in [3.63, 3.8) is 0 Å². The number of carbonyl (C=O) groups is 5. The molecule has 21 heteroatoms. The van der Waals surface area contributed by atoms with Crippen LogP contribution in [0.2, 0.25) is 10.0 Å². The molecule has 6 aromatic rings. The van der Waals surface area contributed by atoms with Crippen molar-refractivity contribution in [1.29, 1.82) is 0 Å². The Bertz CT molecular complexity index is 3160. The average molecular weight is 1160 g/mol. The molecule has 0 aliphatic carbocycles. The van der Waals surface area contributed by atoms with Crippen LogP contribution in [0, 0.1) is 0 Å². The van der Waals surface area contributed by atoms with Crippen LogP contribution in [0.4, 0.5) is 23.1 Å². The van der Waals surface area contributed by atoms with Crippen LogP contribution in [0.3, 0.4) is 0 Å². The van der Waals surface area contributed by atoms with E-state index in [1.807, 2.05) is 54.4 Å². The van der Waals surface area contributed by atoms with Gasteiger partial charge >= 0.3 is 11.8 Å². The summed E-state index contributed by atoms with van der Waals surface area (Å²) in [4.78, 5) is 77.8. The quantitative estimate of drug-likeness (QED) is 0.0368. The molecule has 426 valence electrons. The third-order valence-corrected chi connectivity index (χ3v) is 14.5. The van der Waals surface area contributed by atoms with Crippen molar-refractivity contribution in [2.24, 2.45) is 0 Å². The lowest BCUT2D eigenvalue weighted by atomic mass is 10.0. The molecule has 0 bridgehead atoms. The van der Waals surface area contributed by atoms with Crippen molar-refractivity contribution in [3.05, 3.63) is 159 Å². The summed E-state index contributed by atoms with van der Waals surface area (Å²) in [6.07, 6.45) is 12.7. The molecule has 3 aliphatic rings. The van der Waals surface area contributed by atoms with E-state index in [1.54, 1.807) is 109 Å². The van der Waals surface area contributed by atoms with Crippen molar-refractivity contribution in [3.8, 4) is 17.2 Å². The minimum Gasteiger partial charge on any atom is -0.493 e. The van der Waals surface area contributed by atoms with Gasteiger partial charge in [-0.3, -0.25) is 24.0 Å². The maximum atomic E-state index is 13.0. The zero-order valence-electron chi connectivity index (χ0n) is 45.9. The number of aliphatic hydroxyl groups excluding tert-OH is 1. The number of hydrogen-bond donors (Lipinski definition) is 5. The summed E-state index contributed by atoms with van der Waals surface area (Å²) in [7, 11) is 6.80. The number of hydrogen-bond acceptors (Lipinski definition) is 14. The molecule has 0 radical (unpaired) electrons. The van der Waals surface area contributed by atoms with Crippen LogP contribution in [0.1, 0.15) is 82.0 Å². The van der Waals surface area contributed by atoms with E-state index in [2.05, 4.69) is 36.1 Å². The van der Waals surface area contributed by atoms with E-state index in [0.717, 1.165) is 62.9 Å². The Balaban J connectivity index is 0.000000176. The zero-order chi connectivity index (χ0) is 57.8. The molecule has 1 aromatic heterocycles. The van der Waals surface area contributed by atoms with Crippen LogP contribution < -0.4 is 45.3 Å². The lowest BCUT2D eigenvalue weighted by Gasteiger charge is -2.33. The van der Waals surface area contributed by atoms with E-state index in [0.29, 0.717) is 73.7 Å². The first-order chi connectivity index (χ1) is 39.1. The van der Waals surface area contributed by atoms with Gasteiger partial charge in [0, 0.05) is 79.1 Å². The van der Waals surface area contributed by atoms with Gasteiger partial charge in [-0.25, -0.2) is 4.98 Å². The third kappa shape index (κ3) is 17.6. The molecule has 5 amide bonds. The Hall–Kier alpha value is -7.84. The second kappa shape index (κ2) is 30.1. The van der Waals surface area contributed by atoms with Gasteiger partial charge in [-0.1, -0.05) is 59.6 Å². The number of benzene rings is 5. The van der Waals surface area contributed by atoms with Crippen LogP contribution in [0.15, 0.2) is 126 Å². The van der Waals surface area contributed by atoms with Crippen LogP contribution in [0.25, 0.3) is 6.08 Å². The molecule has 4 heterocycles. The molecule has 2 fully saturated rings. The number of fused-ring (bicyclic) bond motifs is 2. The number of nitrogens with one attached hydrogen (secondary N) is 4. The highest BCUT2D eigenvalue weighted by Crippen LogP contribution is 2.33. The summed E-state index contributed by atoms with van der Waals surface area (Å²) >= 11 is 13.4. The Kier molecular flexibility index (Phi) is 22.6. The number of thioether (sulfide) groups is 1. The smallest absolute Gasteiger partial charge is 0.309 e. The first kappa shape index (κ1) is 60.8. The van der Waals surface area contributed by atoms with Gasteiger partial charge in [-0.15, -0.1) is 11.8 Å². The molecular weight excluding hydrogens is 1090 g/mol. The fourth-order valence-corrected chi connectivity index (χ4v) is 9.65. The molecule has 0 spiro atoms. The zero-order valence-corrected chi connectivity index (χ0v) is 48.2. The monoisotopic (exact) mass is 1160 g/mol. The Morgan fingerprint density at radius 1 is 0.827 bits per heavy atom. The number of rotatable bonds is 15. The van der Waals surface area contributed by atoms with E-state index in [-0.39, 0.29) is 36.9 Å². The van der Waals surface area contributed by atoms with Crippen molar-refractivity contribution in [2.45, 2.75) is 62.1 Å². The average Bonchev–Trinajstić information content (AvgIpc) is 3.74. The lowest BCUT2D eigenvalue weighted by Crippen LogP contribution is -2.45. The summed E-state index contributed by atoms with van der Waals surface area (Å²) < 4.78 is 16.2. The highest BCUT2D eigenvalue weighted by atomic mass is 35.5. The Morgan fingerprint density at radius 2 is 1.56 bits per heavy atom. The number of halogens is 2. The summed E-state index contributed by atoms with van der Waals surface area (Å²) in [5, 5.41) is 22.0. The highest BCUT2D eigenvalue weighted by molar-refractivity contribution is 7.98. The van der Waals surface area contributed by atoms with E-state index in [9.17, 15) is 29.1 Å². The lowest BCUT2D eigenvalue weighted by molar-refractivity contribution is -0.139. The fourth-order valence-electron chi connectivity index (χ4n) is 8.93. The van der Waals surface area contributed by atoms with E-state index < -0.39 is 17.9 Å². The van der Waals surface area contributed by atoms with E-state index in [1.165, 1.54) is 31.6 Å². The van der Waals surface area contributed by atoms with Crippen molar-refractivity contribution >= 4 is 93.7 Å². The molecule has 5 N–H and O–H groups in total. The van der Waals surface area contributed by atoms with Crippen LogP contribution in [-0.4, -0.2) is 123 Å². The minimum absolute atomic E-state index is 0.0114. The first-order valence-electron chi connectivity index (χ1n) is 26.4. The van der Waals surface area contributed by atoms with Gasteiger partial charge in [0.15, 0.2) is 17.3 Å². The van der Waals surface area contributed by atoms with E-state index in [4.69, 9.17) is 37.4 Å². The second-order valence-electron chi connectivity index (χ2n) is 19.2. The first-order valence-corrected chi connectivity index (χ1v) is 28.4. The minimum atomic E-state index is -1.00. The maximum Gasteiger partial charge on any atom is 0.309 e. The molecule has 3 aliphatic heterocycles. The number of aliphatic hydroxyl groups is 1. The maximum absolute atomic E-state index is 13.0. The third-order valence-electron chi connectivity index (χ3n) is 13.3. The van der Waals surface area contributed by atoms with Crippen LogP contribution in [0.5, 0.6) is 17.2 Å². The molecule has 81 heavy (non-hydrogen) atoms. The number of methoxy groups -OCH3 is 2. The van der Waals surface area contributed by atoms with Crippen molar-refractivity contribution < 1.29 is 43.3 Å². The van der Waals surface area contributed by atoms with E-state index >= 15 is 0 Å². The fraction of sp³-hybridized carbons (Fsp3) is 0.317. The normalized spacial score (nSPS) is 14.9. The van der Waals surface area contributed by atoms with Crippen LogP contribution in [-0.2, 0) is 20.9 Å². The van der Waals surface area contributed by atoms with Gasteiger partial charge in [0.05, 0.1) is 38.1 Å². The topological polar surface area (TPSA) is 217 Å². The number of piperidine rings is 2. The summed E-state index contributed by atoms with van der Waals surface area (Å²) in [6, 6.07) is 32.0. The molecule has 2 atom stereocenters. The van der Waals surface area contributed by atoms with Crippen molar-refractivity contribution in [1.82, 2.24) is 25.5 Å². The van der Waals surface area contributed by atoms with Crippen molar-refractivity contribution in [2.75, 3.05) is 87.8 Å². The van der Waals surface area contributed by atoms with Gasteiger partial charge in [-0.2, -0.15) is 4.98 Å². The second-order valence-corrected chi connectivity index (χ2v) is 21.0. The number of aromatic nitrogens is 2. The number of ether oxygens (including phenoxy) is 3. The van der Waals surface area contributed by atoms with Gasteiger partial charge in [0.25, 0.3) is 11.8 Å². The summed E-state index contributed by atoms with van der Waals surface area (Å²) in [5.41, 5.74) is 4.47. The Morgan fingerprint density at radius 3 is 2.26 bits per heavy atom. The molecular formula is C60H67Cl2N9O9S. The Labute approximate surface area is 486 Å². The SMILES string of the molecule is CN(C)c1nc(N2CCCCC2)ncc1NC(=O)c1cccc(Cl)c1.COc1ccc(C(O)CNC(=O)C(=O)NCc2ccc(Cl)cc2)cc1OC.CSc1ccc(/C=C/C(=O)Nc2ccc3c(c2)C(=O)N2CCCCC2CO3)cc1. The largest absolute Gasteiger partial charge is 0.493 e. The molecule has 0 saturated carbocycles. The number of nitrogens with zero attached hydrogens (tertiary/aromatic N) is 5. The van der Waals surface area contributed by atoms with Gasteiger partial charge in [0.2, 0.25) is 11.9 Å². The highest BCUT2D eigenvalue weighted by Gasteiger charge is 2.33. The van der Waals surface area contributed by atoms with Crippen LogP contribution >= 0.6 is 35.0 Å². The number of carbonyl (C=O) groups excluding carboxylic acids is 5. The molecule has 18 nitrogen and oxygen atoms in total. The number of amides is 5. The molecule has 9 rings (SSSR count). The molecule has 2 unspecified atom stereocenters. The standard InChI is InChI=1S/C23H24N2O3S.C19H21ClN2O5.C18H22ClN5O/c1-29-19-9-5-16(6-10-19)7-12-22(26)24-17-8-11-21-20(14-17)23(27)25-13-3-2-4-18(25)15-28-21;1-26-16-8-5-13(9-17(16)27-2)15(23)11-22-19(25)18(24)21-10-12-3-6-14(20)7-4-12;1-23(2)16-15(21-17(25)13-7-6-8-14(19)11-13)12-20-18(22-16)24-9-4-3-5-10-24/h5-12,14,18H,2-4,13,15H2,1H3,(H,24,26);3-9,15,23H,10-11H2,1-2H3,(H,21,24)(H,22,25);6-8,11-12H,3-5,9-10H2,1-2H3,(H,21,25)/b12-7+;;. The van der Waals surface area contributed by atoms with Gasteiger partial charge < -0.3 is 55.3 Å². The predicted octanol–water partition coefficient (Wildman–Crippen LogP) is 9.71. The molecule has 5 aromatic carbocycles. The van der Waals surface area contributed by atoms with Gasteiger partial charge in [0.1, 0.15) is 18.0 Å². The van der Waals surface area contributed by atoms with Gasteiger partial charge in [-0.05, 0) is 140 Å². The summed E-state index contributed by atoms with van der Waals surface area (Å²) in [6.45, 7) is 3.32. The molecule has 2 saturated heterocycles. The summed E-state index contributed by atoms with van der Waals surface area (Å²) in [5.74, 6) is 0.870.